The van der Waals surface area contributed by atoms with E-state index in [1.807, 2.05) is 31.6 Å². The van der Waals surface area contributed by atoms with Gasteiger partial charge in [0.1, 0.15) is 5.82 Å². The SMILES string of the molecule is CC(Cc1ccccc1F)N1C[C@@H](N)[C@H](c2cn(C)c3cnccc23)C1. The molecule has 4 rings (SSSR count). The first kappa shape index (κ1) is 17.2. The zero-order valence-electron chi connectivity index (χ0n) is 15.3. The van der Waals surface area contributed by atoms with Gasteiger partial charge in [0.2, 0.25) is 0 Å². The molecule has 2 N–H and O–H groups in total. The molecule has 0 saturated carbocycles. The lowest BCUT2D eigenvalue weighted by Crippen LogP contribution is -2.35. The number of hydrogen-bond acceptors (Lipinski definition) is 3. The molecule has 1 saturated heterocycles. The molecule has 1 unspecified atom stereocenters. The van der Waals surface area contributed by atoms with Crippen LogP contribution in [-0.2, 0) is 13.5 Å². The Hall–Kier alpha value is -2.24. The lowest BCUT2D eigenvalue weighted by atomic mass is 9.95. The maximum absolute atomic E-state index is 14.0. The third kappa shape index (κ3) is 3.02. The summed E-state index contributed by atoms with van der Waals surface area (Å²) in [6.45, 7) is 3.90. The average molecular weight is 352 g/mol. The molecule has 3 heterocycles. The molecule has 0 amide bonds. The van der Waals surface area contributed by atoms with Gasteiger partial charge < -0.3 is 10.3 Å². The Bertz CT molecular complexity index is 919. The number of nitrogens with zero attached hydrogens (tertiary/aromatic N) is 3. The summed E-state index contributed by atoms with van der Waals surface area (Å²) in [7, 11) is 2.05. The minimum absolute atomic E-state index is 0.0804. The van der Waals surface area contributed by atoms with Crippen LogP contribution in [0.5, 0.6) is 0 Å². The number of benzene rings is 1. The van der Waals surface area contributed by atoms with E-state index >= 15 is 0 Å². The number of nitrogens with two attached hydrogens (primary N) is 1. The predicted molar refractivity (Wildman–Crippen MR) is 103 cm³/mol. The normalized spacial score (nSPS) is 22.2. The third-order valence-electron chi connectivity index (χ3n) is 5.71. The Labute approximate surface area is 153 Å². The molecule has 2 aromatic heterocycles. The molecule has 0 aliphatic carbocycles. The fourth-order valence-corrected chi connectivity index (χ4v) is 4.22. The van der Waals surface area contributed by atoms with E-state index in [1.165, 1.54) is 17.0 Å². The van der Waals surface area contributed by atoms with Crippen molar-refractivity contribution in [3.63, 3.8) is 0 Å². The van der Waals surface area contributed by atoms with Gasteiger partial charge in [0.05, 0.1) is 11.7 Å². The standard InChI is InChI=1S/C21H25FN4/c1-14(9-15-5-3-4-6-19(15)22)26-12-18(20(23)13-26)17-11-25(2)21-10-24-8-7-16(17)21/h3-8,10-11,14,18,20H,9,12-13,23H2,1-2H3/t14?,18-,20+/m0/s1. The molecule has 1 aliphatic rings. The number of fused-ring (bicyclic) bond motifs is 1. The Morgan fingerprint density at radius 2 is 2.08 bits per heavy atom. The van der Waals surface area contributed by atoms with Gasteiger partial charge in [-0.2, -0.15) is 0 Å². The van der Waals surface area contributed by atoms with E-state index in [4.69, 9.17) is 5.73 Å². The number of pyridine rings is 1. The van der Waals surface area contributed by atoms with Gasteiger partial charge in [-0.05, 0) is 36.6 Å². The van der Waals surface area contributed by atoms with Gasteiger partial charge in [-0.3, -0.25) is 9.88 Å². The van der Waals surface area contributed by atoms with Crippen molar-refractivity contribution in [3.05, 3.63) is 65.9 Å². The van der Waals surface area contributed by atoms with Crippen LogP contribution < -0.4 is 5.73 Å². The van der Waals surface area contributed by atoms with E-state index in [9.17, 15) is 4.39 Å². The molecule has 0 spiro atoms. The monoisotopic (exact) mass is 352 g/mol. The molecule has 5 heteroatoms. The zero-order chi connectivity index (χ0) is 18.3. The summed E-state index contributed by atoms with van der Waals surface area (Å²) in [5.41, 5.74) is 9.72. The maximum Gasteiger partial charge on any atom is 0.126 e. The molecule has 136 valence electrons. The lowest BCUT2D eigenvalue weighted by molar-refractivity contribution is 0.250. The Kier molecular flexibility index (Phi) is 4.51. The molecule has 1 fully saturated rings. The smallest absolute Gasteiger partial charge is 0.126 e. The molecule has 1 aromatic carbocycles. The van der Waals surface area contributed by atoms with E-state index in [1.54, 1.807) is 6.07 Å². The van der Waals surface area contributed by atoms with E-state index in [0.29, 0.717) is 6.42 Å². The number of likely N-dealkylation sites (tertiary alicyclic amines) is 1. The molecular formula is C21H25FN4. The van der Waals surface area contributed by atoms with E-state index < -0.39 is 0 Å². The third-order valence-corrected chi connectivity index (χ3v) is 5.71. The maximum atomic E-state index is 14.0. The minimum atomic E-state index is -0.124. The molecule has 0 bridgehead atoms. The van der Waals surface area contributed by atoms with Gasteiger partial charge in [0.15, 0.2) is 0 Å². The molecular weight excluding hydrogens is 327 g/mol. The summed E-state index contributed by atoms with van der Waals surface area (Å²) in [4.78, 5) is 6.62. The van der Waals surface area contributed by atoms with Crippen LogP contribution in [0, 0.1) is 5.82 Å². The summed E-state index contributed by atoms with van der Waals surface area (Å²) in [6.07, 6.45) is 6.62. The van der Waals surface area contributed by atoms with Crippen molar-refractivity contribution in [2.75, 3.05) is 13.1 Å². The van der Waals surface area contributed by atoms with Crippen LogP contribution >= 0.6 is 0 Å². The van der Waals surface area contributed by atoms with Crippen LogP contribution in [0.1, 0.15) is 24.0 Å². The second kappa shape index (κ2) is 6.82. The van der Waals surface area contributed by atoms with E-state index in [0.717, 1.165) is 24.2 Å². The summed E-state index contributed by atoms with van der Waals surface area (Å²) in [5, 5.41) is 1.23. The Morgan fingerprint density at radius 1 is 1.27 bits per heavy atom. The van der Waals surface area contributed by atoms with Crippen LogP contribution in [0.25, 0.3) is 10.9 Å². The molecule has 0 radical (unpaired) electrons. The lowest BCUT2D eigenvalue weighted by Gasteiger charge is -2.24. The van der Waals surface area contributed by atoms with Crippen LogP contribution in [0.3, 0.4) is 0 Å². The number of aryl methyl sites for hydroxylation is 1. The highest BCUT2D eigenvalue weighted by Gasteiger charge is 2.35. The van der Waals surface area contributed by atoms with Crippen molar-refractivity contribution in [2.45, 2.75) is 31.3 Å². The molecule has 1 aliphatic heterocycles. The quantitative estimate of drug-likeness (QED) is 0.785. The molecule has 3 atom stereocenters. The van der Waals surface area contributed by atoms with Gasteiger partial charge in [0, 0.05) is 55.9 Å². The fourth-order valence-electron chi connectivity index (χ4n) is 4.22. The van der Waals surface area contributed by atoms with E-state index in [-0.39, 0.29) is 23.8 Å². The van der Waals surface area contributed by atoms with Crippen molar-refractivity contribution in [3.8, 4) is 0 Å². The minimum Gasteiger partial charge on any atom is -0.349 e. The zero-order valence-corrected chi connectivity index (χ0v) is 15.3. The van der Waals surface area contributed by atoms with Crippen molar-refractivity contribution in [1.29, 1.82) is 0 Å². The van der Waals surface area contributed by atoms with Gasteiger partial charge in [0.25, 0.3) is 0 Å². The summed E-state index contributed by atoms with van der Waals surface area (Å²) in [6, 6.07) is 9.44. The number of rotatable bonds is 4. The number of halogens is 1. The van der Waals surface area contributed by atoms with Crippen LogP contribution in [0.4, 0.5) is 4.39 Å². The molecule has 3 aromatic rings. The summed E-state index contributed by atoms with van der Waals surface area (Å²) < 4.78 is 16.1. The van der Waals surface area contributed by atoms with Gasteiger partial charge in [-0.25, -0.2) is 4.39 Å². The Morgan fingerprint density at radius 3 is 2.88 bits per heavy atom. The first-order chi connectivity index (χ1) is 12.5. The largest absolute Gasteiger partial charge is 0.349 e. The highest BCUT2D eigenvalue weighted by Crippen LogP contribution is 2.33. The van der Waals surface area contributed by atoms with Crippen molar-refractivity contribution < 1.29 is 4.39 Å². The second-order valence-corrected chi connectivity index (χ2v) is 7.46. The van der Waals surface area contributed by atoms with E-state index in [2.05, 4.69) is 33.6 Å². The summed E-state index contributed by atoms with van der Waals surface area (Å²) >= 11 is 0. The van der Waals surface area contributed by atoms with Crippen molar-refractivity contribution in [2.24, 2.45) is 12.8 Å². The Balaban J connectivity index is 1.55. The van der Waals surface area contributed by atoms with Crippen molar-refractivity contribution in [1.82, 2.24) is 14.5 Å². The van der Waals surface area contributed by atoms with Gasteiger partial charge >= 0.3 is 0 Å². The summed E-state index contributed by atoms with van der Waals surface area (Å²) in [5.74, 6) is 0.158. The fraction of sp³-hybridized carbons (Fsp3) is 0.381. The van der Waals surface area contributed by atoms with Crippen LogP contribution in [0.2, 0.25) is 0 Å². The first-order valence-electron chi connectivity index (χ1n) is 9.16. The van der Waals surface area contributed by atoms with Gasteiger partial charge in [-0.15, -0.1) is 0 Å². The second-order valence-electron chi connectivity index (χ2n) is 7.46. The number of hydrogen-bond donors (Lipinski definition) is 1. The van der Waals surface area contributed by atoms with Crippen LogP contribution in [0.15, 0.2) is 48.9 Å². The topological polar surface area (TPSA) is 47.1 Å². The first-order valence-corrected chi connectivity index (χ1v) is 9.16. The van der Waals surface area contributed by atoms with Crippen LogP contribution in [-0.4, -0.2) is 39.6 Å². The average Bonchev–Trinajstić information content (AvgIpc) is 3.18. The van der Waals surface area contributed by atoms with Gasteiger partial charge in [-0.1, -0.05) is 18.2 Å². The molecule has 26 heavy (non-hydrogen) atoms. The number of aromatic nitrogens is 2. The highest BCUT2D eigenvalue weighted by molar-refractivity contribution is 5.83. The predicted octanol–water partition coefficient (Wildman–Crippen LogP) is 3.07. The van der Waals surface area contributed by atoms with Crippen molar-refractivity contribution >= 4 is 10.9 Å². The molecule has 4 nitrogen and oxygen atoms in total. The highest BCUT2D eigenvalue weighted by atomic mass is 19.1.